The maximum Gasteiger partial charge on any atom is 0.253 e. The summed E-state index contributed by atoms with van der Waals surface area (Å²) < 4.78 is 15.3. The van der Waals surface area contributed by atoms with Gasteiger partial charge < -0.3 is 0 Å². The molecule has 2 aromatic rings. The molecule has 1 aromatic heterocycles. The Morgan fingerprint density at radius 3 is 2.76 bits per heavy atom. The van der Waals surface area contributed by atoms with Crippen molar-refractivity contribution in [2.75, 3.05) is 0 Å². The highest BCUT2D eigenvalue weighted by Gasteiger charge is 2.02. The molecule has 0 aliphatic heterocycles. The lowest BCUT2D eigenvalue weighted by atomic mass is 10.2. The minimum atomic E-state index is -0.331. The minimum Gasteiger partial charge on any atom is -0.295 e. The molecule has 0 bridgehead atoms. The highest BCUT2D eigenvalue weighted by atomic mass is 79.9. The molecule has 1 heterocycles. The first-order chi connectivity index (χ1) is 8.04. The number of nitrogens with zero attached hydrogens (tertiary/aromatic N) is 2. The van der Waals surface area contributed by atoms with Crippen molar-refractivity contribution in [1.82, 2.24) is 9.55 Å². The van der Waals surface area contributed by atoms with Crippen molar-refractivity contribution in [1.29, 1.82) is 0 Å². The van der Waals surface area contributed by atoms with Crippen LogP contribution in [0, 0.1) is 12.7 Å². The largest absolute Gasteiger partial charge is 0.295 e. The first-order valence-corrected chi connectivity index (χ1v) is 5.82. The first-order valence-electron chi connectivity index (χ1n) is 5.02. The third kappa shape index (κ3) is 3.00. The van der Waals surface area contributed by atoms with Gasteiger partial charge in [0, 0.05) is 16.2 Å². The van der Waals surface area contributed by atoms with Gasteiger partial charge in [-0.05, 0) is 30.7 Å². The van der Waals surface area contributed by atoms with E-state index in [-0.39, 0.29) is 11.4 Å². The van der Waals surface area contributed by atoms with Crippen LogP contribution in [0.5, 0.6) is 0 Å². The van der Waals surface area contributed by atoms with Gasteiger partial charge in [0.2, 0.25) is 0 Å². The molecule has 17 heavy (non-hydrogen) atoms. The Morgan fingerprint density at radius 1 is 1.35 bits per heavy atom. The number of aromatic nitrogens is 2. The van der Waals surface area contributed by atoms with Gasteiger partial charge >= 0.3 is 0 Å². The summed E-state index contributed by atoms with van der Waals surface area (Å²) in [6.07, 6.45) is 1.47. The molecular weight excluding hydrogens is 287 g/mol. The second kappa shape index (κ2) is 4.79. The zero-order valence-electron chi connectivity index (χ0n) is 9.15. The molecule has 0 atom stereocenters. The predicted molar refractivity (Wildman–Crippen MR) is 66.4 cm³/mol. The van der Waals surface area contributed by atoms with E-state index in [0.717, 1.165) is 0 Å². The summed E-state index contributed by atoms with van der Waals surface area (Å²) in [5, 5.41) is 0. The molecule has 88 valence electrons. The van der Waals surface area contributed by atoms with Crippen LogP contribution in [0.2, 0.25) is 0 Å². The first kappa shape index (κ1) is 12.0. The van der Waals surface area contributed by atoms with E-state index in [1.807, 2.05) is 0 Å². The fraction of sp³-hybridized carbons (Fsp3) is 0.167. The standard InChI is InChI=1S/C12H10BrFN2O/c1-8-2-12(17)16(7-15-8)6-9-3-10(13)5-11(14)4-9/h2-5,7H,6H2,1H3. The summed E-state index contributed by atoms with van der Waals surface area (Å²) in [4.78, 5) is 15.7. The summed E-state index contributed by atoms with van der Waals surface area (Å²) in [5.41, 5.74) is 1.24. The van der Waals surface area contributed by atoms with Crippen molar-refractivity contribution in [2.24, 2.45) is 0 Å². The number of benzene rings is 1. The van der Waals surface area contributed by atoms with Gasteiger partial charge in [0.15, 0.2) is 0 Å². The summed E-state index contributed by atoms with van der Waals surface area (Å²) in [6.45, 7) is 2.06. The van der Waals surface area contributed by atoms with Crippen LogP contribution < -0.4 is 5.56 Å². The molecule has 0 N–H and O–H groups in total. The molecular formula is C12H10BrFN2O. The number of aryl methyl sites for hydroxylation is 1. The van der Waals surface area contributed by atoms with Crippen LogP contribution in [0.4, 0.5) is 4.39 Å². The highest BCUT2D eigenvalue weighted by molar-refractivity contribution is 9.10. The second-order valence-electron chi connectivity index (χ2n) is 3.77. The molecule has 0 fully saturated rings. The summed E-state index contributed by atoms with van der Waals surface area (Å²) in [5.74, 6) is -0.331. The summed E-state index contributed by atoms with van der Waals surface area (Å²) in [6, 6.07) is 6.00. The van der Waals surface area contributed by atoms with Crippen LogP contribution in [0.25, 0.3) is 0 Å². The third-order valence-corrected chi connectivity index (χ3v) is 2.75. The quantitative estimate of drug-likeness (QED) is 0.853. The molecule has 0 aliphatic rings. The van der Waals surface area contributed by atoms with E-state index in [9.17, 15) is 9.18 Å². The van der Waals surface area contributed by atoms with Gasteiger partial charge in [0.1, 0.15) is 5.82 Å². The Hall–Kier alpha value is -1.49. The number of hydrogen-bond donors (Lipinski definition) is 0. The Labute approximate surface area is 106 Å². The predicted octanol–water partition coefficient (Wildman–Crippen LogP) is 2.50. The molecule has 0 saturated carbocycles. The number of halogens is 2. The van der Waals surface area contributed by atoms with Crippen molar-refractivity contribution in [2.45, 2.75) is 13.5 Å². The molecule has 0 aliphatic carbocycles. The lowest BCUT2D eigenvalue weighted by Gasteiger charge is -2.06. The van der Waals surface area contributed by atoms with Crippen LogP contribution >= 0.6 is 15.9 Å². The third-order valence-electron chi connectivity index (χ3n) is 2.29. The lowest BCUT2D eigenvalue weighted by molar-refractivity contribution is 0.621. The lowest BCUT2D eigenvalue weighted by Crippen LogP contribution is -2.20. The van der Waals surface area contributed by atoms with E-state index in [4.69, 9.17) is 0 Å². The average Bonchev–Trinajstić information content (AvgIpc) is 2.21. The average molecular weight is 297 g/mol. The van der Waals surface area contributed by atoms with Gasteiger partial charge in [-0.25, -0.2) is 9.37 Å². The number of rotatable bonds is 2. The van der Waals surface area contributed by atoms with Crippen molar-refractivity contribution < 1.29 is 4.39 Å². The van der Waals surface area contributed by atoms with Crippen LogP contribution in [0.1, 0.15) is 11.3 Å². The zero-order valence-corrected chi connectivity index (χ0v) is 10.7. The van der Waals surface area contributed by atoms with Gasteiger partial charge in [-0.1, -0.05) is 15.9 Å². The van der Waals surface area contributed by atoms with E-state index in [1.54, 1.807) is 13.0 Å². The van der Waals surface area contributed by atoms with E-state index >= 15 is 0 Å². The smallest absolute Gasteiger partial charge is 0.253 e. The van der Waals surface area contributed by atoms with Gasteiger partial charge in [0.05, 0.1) is 12.9 Å². The topological polar surface area (TPSA) is 34.9 Å². The molecule has 0 saturated heterocycles. The Balaban J connectivity index is 2.34. The van der Waals surface area contributed by atoms with Gasteiger partial charge in [0.25, 0.3) is 5.56 Å². The molecule has 5 heteroatoms. The van der Waals surface area contributed by atoms with E-state index in [1.165, 1.54) is 29.1 Å². The number of hydrogen-bond acceptors (Lipinski definition) is 2. The second-order valence-corrected chi connectivity index (χ2v) is 4.69. The maximum atomic E-state index is 13.2. The summed E-state index contributed by atoms with van der Waals surface area (Å²) in [7, 11) is 0. The Morgan fingerprint density at radius 2 is 2.12 bits per heavy atom. The van der Waals surface area contributed by atoms with Gasteiger partial charge in [-0.15, -0.1) is 0 Å². The highest BCUT2D eigenvalue weighted by Crippen LogP contribution is 2.15. The Kier molecular flexibility index (Phi) is 3.38. The monoisotopic (exact) mass is 296 g/mol. The molecule has 2 rings (SSSR count). The molecule has 0 spiro atoms. The summed E-state index contributed by atoms with van der Waals surface area (Å²) >= 11 is 3.21. The van der Waals surface area contributed by atoms with Crippen molar-refractivity contribution in [3.8, 4) is 0 Å². The van der Waals surface area contributed by atoms with Crippen LogP contribution in [-0.2, 0) is 6.54 Å². The van der Waals surface area contributed by atoms with Crippen LogP contribution in [-0.4, -0.2) is 9.55 Å². The fourth-order valence-electron chi connectivity index (χ4n) is 1.53. The SMILES string of the molecule is Cc1cc(=O)n(Cc2cc(F)cc(Br)c2)cn1. The molecule has 1 aromatic carbocycles. The molecule has 3 nitrogen and oxygen atoms in total. The van der Waals surface area contributed by atoms with Gasteiger partial charge in [-0.3, -0.25) is 9.36 Å². The minimum absolute atomic E-state index is 0.141. The van der Waals surface area contributed by atoms with E-state index in [2.05, 4.69) is 20.9 Å². The van der Waals surface area contributed by atoms with Crippen molar-refractivity contribution >= 4 is 15.9 Å². The van der Waals surface area contributed by atoms with E-state index in [0.29, 0.717) is 22.3 Å². The van der Waals surface area contributed by atoms with Crippen LogP contribution in [0.3, 0.4) is 0 Å². The molecule has 0 radical (unpaired) electrons. The van der Waals surface area contributed by atoms with Crippen molar-refractivity contribution in [3.63, 3.8) is 0 Å². The van der Waals surface area contributed by atoms with Crippen LogP contribution in [0.15, 0.2) is 39.9 Å². The molecule has 0 amide bonds. The van der Waals surface area contributed by atoms with Gasteiger partial charge in [-0.2, -0.15) is 0 Å². The Bertz CT molecular complexity index is 589. The maximum absolute atomic E-state index is 13.2. The van der Waals surface area contributed by atoms with Crippen molar-refractivity contribution in [3.05, 3.63) is 62.5 Å². The fourth-order valence-corrected chi connectivity index (χ4v) is 2.05. The molecule has 0 unspecified atom stereocenters. The van der Waals surface area contributed by atoms with E-state index < -0.39 is 0 Å². The normalized spacial score (nSPS) is 10.5. The zero-order chi connectivity index (χ0) is 12.4.